The van der Waals surface area contributed by atoms with Gasteiger partial charge in [0.05, 0.1) is 28.8 Å². The Morgan fingerprint density at radius 2 is 1.84 bits per heavy atom. The summed E-state index contributed by atoms with van der Waals surface area (Å²) < 4.78 is 0. The average Bonchev–Trinajstić information content (AvgIpc) is 2.79. The van der Waals surface area contributed by atoms with E-state index in [4.69, 9.17) is 11.6 Å². The molecule has 0 saturated heterocycles. The van der Waals surface area contributed by atoms with E-state index >= 15 is 0 Å². The molecule has 0 saturated carbocycles. The van der Waals surface area contributed by atoms with E-state index in [2.05, 4.69) is 39.3 Å². The average molecular weight is 440 g/mol. The van der Waals surface area contributed by atoms with Gasteiger partial charge in [-0.15, -0.1) is 0 Å². The molecule has 0 fully saturated rings. The van der Waals surface area contributed by atoms with Gasteiger partial charge in [-0.2, -0.15) is 0 Å². The molecule has 162 valence electrons. The van der Waals surface area contributed by atoms with Crippen molar-refractivity contribution in [1.82, 2.24) is 20.2 Å². The normalized spacial score (nSPS) is 10.8. The lowest BCUT2D eigenvalue weighted by molar-refractivity contribution is 0.0949. The molecule has 2 aromatic carbocycles. The highest BCUT2D eigenvalue weighted by Gasteiger charge is 2.11. The lowest BCUT2D eigenvalue weighted by Gasteiger charge is -2.18. The van der Waals surface area contributed by atoms with Gasteiger partial charge in [0.15, 0.2) is 0 Å². The maximum atomic E-state index is 12.5. The quantitative estimate of drug-likeness (QED) is 0.460. The number of aromatic nitrogens is 2. The van der Waals surface area contributed by atoms with E-state index in [0.717, 1.165) is 25.2 Å². The van der Waals surface area contributed by atoms with Crippen LogP contribution in [0.4, 0.5) is 11.5 Å². The van der Waals surface area contributed by atoms with E-state index in [1.165, 1.54) is 0 Å². The number of aromatic hydroxyl groups is 1. The van der Waals surface area contributed by atoms with Crippen LogP contribution in [-0.4, -0.2) is 52.1 Å². The van der Waals surface area contributed by atoms with Crippen LogP contribution in [0.5, 0.6) is 5.75 Å². The third-order valence-corrected chi connectivity index (χ3v) is 5.23. The van der Waals surface area contributed by atoms with Crippen LogP contribution in [0.2, 0.25) is 5.02 Å². The standard InChI is InChI=1S/C23H26ClN5O2/c1-3-29(4-2)12-11-26-23(31)17-7-10-19(24)20(13-17)27-22-15-25-14-21(28-22)16-5-8-18(30)9-6-16/h5-10,13-15,30H,3-4,11-12H2,1-2H3,(H,26,31)(H,27,28). The molecule has 8 heteroatoms. The number of likely N-dealkylation sites (N-methyl/N-ethyl adjacent to an activating group) is 1. The van der Waals surface area contributed by atoms with Crippen LogP contribution in [0.25, 0.3) is 11.3 Å². The Balaban J connectivity index is 1.71. The molecule has 0 unspecified atom stereocenters. The number of anilines is 2. The lowest BCUT2D eigenvalue weighted by Crippen LogP contribution is -2.34. The summed E-state index contributed by atoms with van der Waals surface area (Å²) in [5.74, 6) is 0.521. The summed E-state index contributed by atoms with van der Waals surface area (Å²) in [5, 5.41) is 16.0. The molecule has 0 aliphatic heterocycles. The molecule has 1 aromatic heterocycles. The Bertz CT molecular complexity index is 1020. The molecule has 3 rings (SSSR count). The molecule has 1 amide bonds. The molecule has 0 spiro atoms. The first-order valence-corrected chi connectivity index (χ1v) is 10.6. The second kappa shape index (κ2) is 10.7. The molecule has 0 bridgehead atoms. The van der Waals surface area contributed by atoms with Gasteiger partial charge in [-0.25, -0.2) is 4.98 Å². The van der Waals surface area contributed by atoms with Crippen molar-refractivity contribution in [2.45, 2.75) is 13.8 Å². The van der Waals surface area contributed by atoms with Crippen molar-refractivity contribution in [2.75, 3.05) is 31.5 Å². The van der Waals surface area contributed by atoms with E-state index in [-0.39, 0.29) is 11.7 Å². The van der Waals surface area contributed by atoms with Crippen molar-refractivity contribution in [2.24, 2.45) is 0 Å². The Kier molecular flexibility index (Phi) is 7.81. The van der Waals surface area contributed by atoms with Gasteiger partial charge >= 0.3 is 0 Å². The Hall–Kier alpha value is -3.16. The number of rotatable bonds is 9. The van der Waals surface area contributed by atoms with Gasteiger partial charge in [-0.3, -0.25) is 9.78 Å². The first kappa shape index (κ1) is 22.5. The molecular weight excluding hydrogens is 414 g/mol. The van der Waals surface area contributed by atoms with Gasteiger partial charge in [0.1, 0.15) is 11.6 Å². The molecule has 0 radical (unpaired) electrons. The lowest BCUT2D eigenvalue weighted by atomic mass is 10.1. The molecule has 7 nitrogen and oxygen atoms in total. The monoisotopic (exact) mass is 439 g/mol. The largest absolute Gasteiger partial charge is 0.508 e. The Labute approximate surface area is 187 Å². The molecule has 0 atom stereocenters. The highest BCUT2D eigenvalue weighted by molar-refractivity contribution is 6.33. The number of nitrogens with one attached hydrogen (secondary N) is 2. The number of halogens is 1. The maximum absolute atomic E-state index is 12.5. The van der Waals surface area contributed by atoms with Crippen LogP contribution < -0.4 is 10.6 Å². The first-order chi connectivity index (χ1) is 15.0. The fraction of sp³-hybridized carbons (Fsp3) is 0.261. The predicted molar refractivity (Wildman–Crippen MR) is 124 cm³/mol. The van der Waals surface area contributed by atoms with E-state index < -0.39 is 0 Å². The highest BCUT2D eigenvalue weighted by Crippen LogP contribution is 2.27. The summed E-state index contributed by atoms with van der Waals surface area (Å²) in [5.41, 5.74) is 2.54. The van der Waals surface area contributed by atoms with Crippen LogP contribution in [0, 0.1) is 0 Å². The molecular formula is C23H26ClN5O2. The van der Waals surface area contributed by atoms with Gasteiger partial charge in [-0.05, 0) is 55.6 Å². The second-order valence-corrected chi connectivity index (χ2v) is 7.35. The third kappa shape index (κ3) is 6.16. The number of phenols is 1. The van der Waals surface area contributed by atoms with E-state index in [1.54, 1.807) is 54.9 Å². The van der Waals surface area contributed by atoms with Gasteiger partial charge in [0.25, 0.3) is 5.91 Å². The number of benzene rings is 2. The summed E-state index contributed by atoms with van der Waals surface area (Å²) in [4.78, 5) is 23.6. The van der Waals surface area contributed by atoms with Gasteiger partial charge < -0.3 is 20.6 Å². The smallest absolute Gasteiger partial charge is 0.251 e. The van der Waals surface area contributed by atoms with Crippen molar-refractivity contribution >= 4 is 29.0 Å². The topological polar surface area (TPSA) is 90.4 Å². The number of carbonyl (C=O) groups excluding carboxylic acids is 1. The van der Waals surface area contributed by atoms with Crippen molar-refractivity contribution in [3.05, 3.63) is 65.4 Å². The summed E-state index contributed by atoms with van der Waals surface area (Å²) in [6, 6.07) is 11.8. The van der Waals surface area contributed by atoms with E-state index in [1.807, 2.05) is 0 Å². The number of amides is 1. The predicted octanol–water partition coefficient (Wildman–Crippen LogP) is 4.32. The number of nitrogens with zero attached hydrogens (tertiary/aromatic N) is 3. The molecule has 3 aromatic rings. The first-order valence-electron chi connectivity index (χ1n) is 10.2. The highest BCUT2D eigenvalue weighted by atomic mass is 35.5. The molecule has 3 N–H and O–H groups in total. The van der Waals surface area contributed by atoms with Crippen LogP contribution in [0.3, 0.4) is 0 Å². The zero-order valence-electron chi connectivity index (χ0n) is 17.6. The number of carbonyl (C=O) groups is 1. The maximum Gasteiger partial charge on any atom is 0.251 e. The minimum atomic E-state index is -0.157. The summed E-state index contributed by atoms with van der Waals surface area (Å²) >= 11 is 6.33. The van der Waals surface area contributed by atoms with Gasteiger partial charge in [0, 0.05) is 24.2 Å². The Morgan fingerprint density at radius 3 is 2.55 bits per heavy atom. The summed E-state index contributed by atoms with van der Waals surface area (Å²) in [6.45, 7) is 7.48. The summed E-state index contributed by atoms with van der Waals surface area (Å²) in [6.07, 6.45) is 3.22. The zero-order valence-corrected chi connectivity index (χ0v) is 18.4. The number of hydrogen-bond acceptors (Lipinski definition) is 6. The summed E-state index contributed by atoms with van der Waals surface area (Å²) in [7, 11) is 0. The minimum Gasteiger partial charge on any atom is -0.508 e. The Morgan fingerprint density at radius 1 is 1.10 bits per heavy atom. The molecule has 0 aliphatic carbocycles. The molecule has 1 heterocycles. The van der Waals surface area contributed by atoms with Crippen LogP contribution >= 0.6 is 11.6 Å². The van der Waals surface area contributed by atoms with Crippen molar-refractivity contribution < 1.29 is 9.90 Å². The van der Waals surface area contributed by atoms with Gasteiger partial charge in [0.2, 0.25) is 0 Å². The molecule has 0 aliphatic rings. The SMILES string of the molecule is CCN(CC)CCNC(=O)c1ccc(Cl)c(Nc2cncc(-c3ccc(O)cc3)n2)c1. The van der Waals surface area contributed by atoms with Crippen LogP contribution in [0.15, 0.2) is 54.9 Å². The molecule has 31 heavy (non-hydrogen) atoms. The van der Waals surface area contributed by atoms with Crippen LogP contribution in [-0.2, 0) is 0 Å². The number of phenolic OH excluding ortho intramolecular Hbond substituents is 1. The minimum absolute atomic E-state index is 0.157. The van der Waals surface area contributed by atoms with Crippen LogP contribution in [0.1, 0.15) is 24.2 Å². The van der Waals surface area contributed by atoms with Crippen molar-refractivity contribution in [3.63, 3.8) is 0 Å². The zero-order chi connectivity index (χ0) is 22.2. The van der Waals surface area contributed by atoms with Crippen molar-refractivity contribution in [1.29, 1.82) is 0 Å². The fourth-order valence-corrected chi connectivity index (χ4v) is 3.23. The fourth-order valence-electron chi connectivity index (χ4n) is 3.07. The second-order valence-electron chi connectivity index (χ2n) is 6.94. The third-order valence-electron chi connectivity index (χ3n) is 4.90. The number of hydrogen-bond donors (Lipinski definition) is 3. The van der Waals surface area contributed by atoms with E-state index in [0.29, 0.717) is 34.3 Å². The van der Waals surface area contributed by atoms with Crippen molar-refractivity contribution in [3.8, 4) is 17.0 Å². The van der Waals surface area contributed by atoms with Gasteiger partial charge in [-0.1, -0.05) is 25.4 Å². The van der Waals surface area contributed by atoms with E-state index in [9.17, 15) is 9.90 Å².